The molecule has 1 aromatic rings. The molecular weight excluding hydrogens is 869 g/mol. The van der Waals surface area contributed by atoms with Crippen LogP contribution in [-0.4, -0.2) is 19.0 Å². The van der Waals surface area contributed by atoms with E-state index in [1.807, 2.05) is 0 Å². The van der Waals surface area contributed by atoms with Crippen molar-refractivity contribution in [3.05, 3.63) is 35.4 Å². The summed E-state index contributed by atoms with van der Waals surface area (Å²) in [7, 11) is 0. The highest BCUT2D eigenvalue weighted by Gasteiger charge is 2.49. The zero-order valence-electron chi connectivity index (χ0n) is 48.2. The maximum Gasteiger partial charge on any atom is 0.0322 e. The molecule has 382 valence electrons. The van der Waals surface area contributed by atoms with Crippen LogP contribution >= 0.6 is 63.1 Å². The van der Waals surface area contributed by atoms with Crippen LogP contribution in [0.15, 0.2) is 24.3 Å². The summed E-state index contributed by atoms with van der Waals surface area (Å²) in [5, 5.41) is 0. The molecule has 0 heterocycles. The van der Waals surface area contributed by atoms with E-state index in [1.54, 1.807) is 0 Å². The molecule has 0 aliphatic heterocycles. The molecule has 0 atom stereocenters. The second-order valence-electron chi connectivity index (χ2n) is 30.3. The van der Waals surface area contributed by atoms with Crippen molar-refractivity contribution in [3.8, 4) is 0 Å². The van der Waals surface area contributed by atoms with Crippen LogP contribution in [-0.2, 0) is 11.2 Å². The van der Waals surface area contributed by atoms with E-state index >= 15 is 0 Å². The van der Waals surface area contributed by atoms with Gasteiger partial charge < -0.3 is 0 Å². The zero-order chi connectivity index (χ0) is 51.7. The van der Waals surface area contributed by atoms with Gasteiger partial charge in [-0.05, 0) is 133 Å². The molecule has 2 aliphatic rings. The molecule has 1 aromatic carbocycles. The van der Waals surface area contributed by atoms with Gasteiger partial charge in [0, 0.05) is 23.7 Å². The molecule has 64 heavy (non-hydrogen) atoms. The number of thiol groups is 5. The van der Waals surface area contributed by atoms with Crippen molar-refractivity contribution in [2.45, 2.75) is 294 Å². The van der Waals surface area contributed by atoms with E-state index in [9.17, 15) is 0 Å². The smallest absolute Gasteiger partial charge is 0.0322 e. The average Bonchev–Trinajstić information content (AvgIpc) is 3.44. The van der Waals surface area contributed by atoms with Gasteiger partial charge in [-0.2, -0.15) is 63.1 Å². The summed E-state index contributed by atoms with van der Waals surface area (Å²) in [5.41, 5.74) is 6.05. The predicted octanol–water partition coefficient (Wildman–Crippen LogP) is 21.1. The number of benzene rings is 1. The Morgan fingerprint density at radius 2 is 0.750 bits per heavy atom. The van der Waals surface area contributed by atoms with Crippen LogP contribution in [0.3, 0.4) is 0 Å². The first-order valence-electron chi connectivity index (χ1n) is 25.4. The molecule has 2 fully saturated rings. The lowest BCUT2D eigenvalue weighted by atomic mass is 9.56. The molecule has 2 aliphatic carbocycles. The Bertz CT molecular complexity index is 1400. The molecular formula is C59H116S5. The monoisotopic (exact) mass is 985 g/mol. The van der Waals surface area contributed by atoms with Crippen molar-refractivity contribution < 1.29 is 0 Å². The highest BCUT2D eigenvalue weighted by Crippen LogP contribution is 2.58. The quantitative estimate of drug-likeness (QED) is 0.142. The lowest BCUT2D eigenvalue weighted by molar-refractivity contribution is 0.0380. The summed E-state index contributed by atoms with van der Waals surface area (Å²) in [5.74, 6) is 0. The minimum Gasteiger partial charge on any atom is -0.173 e. The zero-order valence-corrected chi connectivity index (χ0v) is 52.7. The van der Waals surface area contributed by atoms with Crippen molar-refractivity contribution in [1.82, 2.24) is 0 Å². The van der Waals surface area contributed by atoms with E-state index in [1.165, 1.54) is 88.2 Å². The Balaban J connectivity index is 0. The van der Waals surface area contributed by atoms with Crippen molar-refractivity contribution in [3.63, 3.8) is 0 Å². The fourth-order valence-electron chi connectivity index (χ4n) is 9.56. The molecule has 2 saturated carbocycles. The SMILES string of the molecule is CC(C)(C)CC(C)(C)C(C)(C)S.CC(C)(C)CC1(C(C)(C)S)CCC1.CC(C)(C)CC1(C(C)(C)S)CCCC1.CC(C)(C)CCC(C)(C)S.CC(C)(C)Cc1ccc(C(C)(C)S)cc1. The van der Waals surface area contributed by atoms with Gasteiger partial charge in [-0.3, -0.25) is 0 Å². The molecule has 0 radical (unpaired) electrons. The Kier molecular flexibility index (Phi) is 25.6. The van der Waals surface area contributed by atoms with Gasteiger partial charge in [0.15, 0.2) is 0 Å². The summed E-state index contributed by atoms with van der Waals surface area (Å²) in [6, 6.07) is 8.82. The molecule has 0 unspecified atom stereocenters. The van der Waals surface area contributed by atoms with E-state index in [2.05, 4.69) is 249 Å². The third kappa shape index (κ3) is 29.2. The van der Waals surface area contributed by atoms with Crippen molar-refractivity contribution in [1.29, 1.82) is 0 Å². The van der Waals surface area contributed by atoms with E-state index in [4.69, 9.17) is 25.3 Å². The van der Waals surface area contributed by atoms with Crippen molar-refractivity contribution in [2.75, 3.05) is 0 Å². The van der Waals surface area contributed by atoms with Crippen molar-refractivity contribution >= 4 is 63.1 Å². The predicted molar refractivity (Wildman–Crippen MR) is 316 cm³/mol. The topological polar surface area (TPSA) is 0 Å². The number of hydrogen-bond acceptors (Lipinski definition) is 5. The fourth-order valence-corrected chi connectivity index (χ4v) is 10.5. The minimum absolute atomic E-state index is 0.0414. The lowest BCUT2D eigenvalue weighted by Gasteiger charge is -2.54. The molecule has 5 heteroatoms. The highest BCUT2D eigenvalue weighted by atomic mass is 32.1. The summed E-state index contributed by atoms with van der Waals surface area (Å²) >= 11 is 23.3. The van der Waals surface area contributed by atoms with Gasteiger partial charge in [0.05, 0.1) is 0 Å². The maximum atomic E-state index is 4.85. The van der Waals surface area contributed by atoms with Gasteiger partial charge >= 0.3 is 0 Å². The Morgan fingerprint density at radius 3 is 0.922 bits per heavy atom. The molecule has 0 spiro atoms. The Hall–Kier alpha value is 0.970. The Morgan fingerprint density at radius 1 is 0.406 bits per heavy atom. The second-order valence-corrected chi connectivity index (χ2v) is 35.9. The average molecular weight is 986 g/mol. The van der Waals surface area contributed by atoms with E-state index in [0.29, 0.717) is 37.9 Å². The summed E-state index contributed by atoms with van der Waals surface area (Å²) in [6.07, 6.45) is 17.1. The minimum atomic E-state index is -0.0414. The maximum absolute atomic E-state index is 4.85. The second kappa shape index (κ2) is 24.4. The molecule has 0 amide bonds. The van der Waals surface area contributed by atoms with Crippen LogP contribution in [0.1, 0.15) is 275 Å². The van der Waals surface area contributed by atoms with Crippen LogP contribution in [0.4, 0.5) is 0 Å². The number of rotatable bonds is 10. The van der Waals surface area contributed by atoms with E-state index in [0.717, 1.165) is 6.42 Å². The van der Waals surface area contributed by atoms with E-state index < -0.39 is 0 Å². The fraction of sp³-hybridized carbons (Fsp3) is 0.898. The van der Waals surface area contributed by atoms with Gasteiger partial charge in [0.2, 0.25) is 0 Å². The van der Waals surface area contributed by atoms with Gasteiger partial charge in [0.25, 0.3) is 0 Å². The molecule has 0 nitrogen and oxygen atoms in total. The summed E-state index contributed by atoms with van der Waals surface area (Å²) < 4.78 is 0.628. The molecule has 0 bridgehead atoms. The van der Waals surface area contributed by atoms with Gasteiger partial charge in [0.1, 0.15) is 0 Å². The summed E-state index contributed by atoms with van der Waals surface area (Å²) in [6.45, 7) is 61.3. The van der Waals surface area contributed by atoms with Crippen LogP contribution in [0.5, 0.6) is 0 Å². The molecule has 3 rings (SSSR count). The number of hydrogen-bond donors (Lipinski definition) is 5. The largest absolute Gasteiger partial charge is 0.173 e. The first-order chi connectivity index (χ1) is 27.7. The van der Waals surface area contributed by atoms with E-state index in [-0.39, 0.29) is 29.2 Å². The molecule has 0 aromatic heterocycles. The standard InChI is InChI=1S/C14H22S.C13H26S.C12H24S.C11H24S.C9H20S/c1-13(2,3)10-11-6-8-12(9-7-11)14(4,5)15;1-11(2,3)10-13(12(4,5)14)8-6-7-9-13;1-10(2,3)9-12(7-6-8-12)11(4,5)13;1-9(2,3)8-10(4,5)11(6,7)12;1-8(2,3)6-7-9(4,5)10/h6-9,15H,10H2,1-5H3;14H,6-10H2,1-5H3;13H,6-9H2,1-5H3;12H,8H2,1-7H3;10H,6-7H2,1-5H3. The lowest BCUT2D eigenvalue weighted by Crippen LogP contribution is -2.47. The van der Waals surface area contributed by atoms with Crippen LogP contribution < -0.4 is 0 Å². The molecule has 0 saturated heterocycles. The third-order valence-electron chi connectivity index (χ3n) is 13.7. The third-order valence-corrected chi connectivity index (χ3v) is 15.8. The van der Waals surface area contributed by atoms with Crippen molar-refractivity contribution in [2.24, 2.45) is 43.3 Å². The van der Waals surface area contributed by atoms with Gasteiger partial charge in [-0.15, -0.1) is 0 Å². The first kappa shape index (κ1) is 67.0. The highest BCUT2D eigenvalue weighted by molar-refractivity contribution is 7.82. The summed E-state index contributed by atoms with van der Waals surface area (Å²) in [4.78, 5) is 0. The normalized spacial score (nSPS) is 17.6. The Labute approximate surface area is 433 Å². The van der Waals surface area contributed by atoms with Crippen LogP contribution in [0.2, 0.25) is 0 Å². The first-order valence-corrected chi connectivity index (χ1v) is 27.6. The van der Waals surface area contributed by atoms with Crippen LogP contribution in [0, 0.1) is 43.3 Å². The van der Waals surface area contributed by atoms with Gasteiger partial charge in [-0.25, -0.2) is 0 Å². The van der Waals surface area contributed by atoms with Gasteiger partial charge in [-0.1, -0.05) is 217 Å². The molecule has 0 N–H and O–H groups in total. The van der Waals surface area contributed by atoms with Crippen LogP contribution in [0.25, 0.3) is 0 Å².